The van der Waals surface area contributed by atoms with Crippen molar-refractivity contribution in [3.05, 3.63) is 95.6 Å². The summed E-state index contributed by atoms with van der Waals surface area (Å²) >= 11 is 7.28. The summed E-state index contributed by atoms with van der Waals surface area (Å²) in [6.07, 6.45) is 2.08. The van der Waals surface area contributed by atoms with E-state index in [9.17, 15) is 14.7 Å². The van der Waals surface area contributed by atoms with Crippen molar-refractivity contribution in [1.29, 1.82) is 0 Å². The van der Waals surface area contributed by atoms with E-state index in [1.807, 2.05) is 30.3 Å². The van der Waals surface area contributed by atoms with Gasteiger partial charge in [0.05, 0.1) is 28.5 Å². The molecule has 0 saturated carbocycles. The number of allylic oxidation sites excluding steroid dienone is 1. The summed E-state index contributed by atoms with van der Waals surface area (Å²) < 4.78 is 7.30. The van der Waals surface area contributed by atoms with Crippen molar-refractivity contribution in [3.8, 4) is 5.75 Å². The fourth-order valence-corrected chi connectivity index (χ4v) is 4.91. The Labute approximate surface area is 193 Å². The molecule has 6 nitrogen and oxygen atoms in total. The Kier molecular flexibility index (Phi) is 6.30. The number of thiazole rings is 1. The molecule has 0 fully saturated rings. The van der Waals surface area contributed by atoms with Gasteiger partial charge in [-0.2, -0.15) is 0 Å². The lowest BCUT2D eigenvalue weighted by molar-refractivity contribution is -0.139. The summed E-state index contributed by atoms with van der Waals surface area (Å²) in [5, 5.41) is 10.6. The maximum Gasteiger partial charge on any atom is 0.338 e. The van der Waals surface area contributed by atoms with Crippen LogP contribution in [0.5, 0.6) is 5.75 Å². The van der Waals surface area contributed by atoms with Crippen molar-refractivity contribution in [2.45, 2.75) is 26.3 Å². The Morgan fingerprint density at radius 3 is 2.75 bits per heavy atom. The molecule has 8 heteroatoms. The van der Waals surface area contributed by atoms with Gasteiger partial charge in [0.2, 0.25) is 0 Å². The number of aromatic hydroxyl groups is 1. The zero-order valence-electron chi connectivity index (χ0n) is 17.5. The van der Waals surface area contributed by atoms with Gasteiger partial charge in [-0.1, -0.05) is 59.3 Å². The Hall–Kier alpha value is -3.16. The van der Waals surface area contributed by atoms with Crippen LogP contribution in [0.3, 0.4) is 0 Å². The van der Waals surface area contributed by atoms with Gasteiger partial charge in [0, 0.05) is 5.02 Å². The zero-order valence-corrected chi connectivity index (χ0v) is 19.1. The summed E-state index contributed by atoms with van der Waals surface area (Å²) in [6.45, 7) is 3.72. The van der Waals surface area contributed by atoms with Crippen LogP contribution in [0.25, 0.3) is 6.08 Å². The maximum absolute atomic E-state index is 13.4. The predicted molar refractivity (Wildman–Crippen MR) is 125 cm³/mol. The number of phenolic OH excluding ortho intramolecular Hbond substituents is 1. The van der Waals surface area contributed by atoms with Crippen LogP contribution in [0.15, 0.2) is 69.6 Å². The second-order valence-electron chi connectivity index (χ2n) is 7.25. The lowest BCUT2D eigenvalue weighted by Crippen LogP contribution is -2.39. The number of hydrogen-bond donors (Lipinski definition) is 1. The van der Waals surface area contributed by atoms with Gasteiger partial charge in [-0.15, -0.1) is 0 Å². The quantitative estimate of drug-likeness (QED) is 0.582. The molecule has 0 radical (unpaired) electrons. The SMILES string of the molecule is CCOC(=O)C1=C(C)N=c2s/c(=C\Cc3cc(Cl)ccc3O)c(=O)n2C1c1ccccc1. The minimum absolute atomic E-state index is 0.112. The van der Waals surface area contributed by atoms with E-state index in [2.05, 4.69) is 4.99 Å². The van der Waals surface area contributed by atoms with Crippen molar-refractivity contribution >= 4 is 35.0 Å². The number of carbonyl (C=O) groups excluding carboxylic acids is 1. The van der Waals surface area contributed by atoms with E-state index in [0.29, 0.717) is 37.6 Å². The van der Waals surface area contributed by atoms with Gasteiger partial charge >= 0.3 is 5.97 Å². The van der Waals surface area contributed by atoms with Crippen molar-refractivity contribution in [2.24, 2.45) is 4.99 Å². The molecule has 2 heterocycles. The first-order chi connectivity index (χ1) is 15.4. The summed E-state index contributed by atoms with van der Waals surface area (Å²) in [6, 6.07) is 13.5. The fraction of sp³-hybridized carbons (Fsp3) is 0.208. The highest BCUT2D eigenvalue weighted by Crippen LogP contribution is 2.30. The van der Waals surface area contributed by atoms with E-state index >= 15 is 0 Å². The standard InChI is InChI=1S/C24H21ClN2O4S/c1-3-31-23(30)20-14(2)26-24-27(21(20)15-7-5-4-6-8-15)22(29)19(32-24)12-9-16-13-17(25)10-11-18(16)28/h4-8,10-13,21,28H,3,9H2,1-2H3/b19-12-. The third-order valence-corrected chi connectivity index (χ3v) is 6.45. The maximum atomic E-state index is 13.4. The zero-order chi connectivity index (χ0) is 22.8. The van der Waals surface area contributed by atoms with Gasteiger partial charge in [0.25, 0.3) is 5.56 Å². The number of carbonyl (C=O) groups is 1. The molecular weight excluding hydrogens is 448 g/mol. The first kappa shape index (κ1) is 22.0. The number of halogens is 1. The Balaban J connectivity index is 1.86. The van der Waals surface area contributed by atoms with Gasteiger partial charge in [0.15, 0.2) is 4.80 Å². The number of benzene rings is 2. The molecule has 3 aromatic rings. The van der Waals surface area contributed by atoms with Crippen molar-refractivity contribution in [1.82, 2.24) is 4.57 Å². The molecule has 0 amide bonds. The first-order valence-corrected chi connectivity index (χ1v) is 11.3. The van der Waals surface area contributed by atoms with Gasteiger partial charge in [0.1, 0.15) is 5.75 Å². The van der Waals surface area contributed by atoms with Crippen molar-refractivity contribution in [2.75, 3.05) is 6.61 Å². The Bertz CT molecular complexity index is 1390. The number of fused-ring (bicyclic) bond motifs is 1. The van der Waals surface area contributed by atoms with E-state index < -0.39 is 12.0 Å². The van der Waals surface area contributed by atoms with Crippen LogP contribution >= 0.6 is 22.9 Å². The van der Waals surface area contributed by atoms with Crippen LogP contribution < -0.4 is 14.9 Å². The molecule has 1 unspecified atom stereocenters. The van der Waals surface area contributed by atoms with Crippen LogP contribution in [-0.2, 0) is 16.0 Å². The molecule has 1 N–H and O–H groups in total. The average molecular weight is 469 g/mol. The third kappa shape index (κ3) is 4.13. The highest BCUT2D eigenvalue weighted by atomic mass is 35.5. The molecule has 4 rings (SSSR count). The number of aromatic nitrogens is 1. The molecule has 0 saturated heterocycles. The van der Waals surface area contributed by atoms with Crippen molar-refractivity contribution < 1.29 is 14.6 Å². The van der Waals surface area contributed by atoms with E-state index in [1.54, 1.807) is 36.6 Å². The number of rotatable bonds is 5. The first-order valence-electron chi connectivity index (χ1n) is 10.1. The number of ether oxygens (including phenoxy) is 1. The van der Waals surface area contributed by atoms with E-state index in [1.165, 1.54) is 17.4 Å². The van der Waals surface area contributed by atoms with Crippen molar-refractivity contribution in [3.63, 3.8) is 0 Å². The number of phenols is 1. The van der Waals surface area contributed by atoms with Crippen LogP contribution in [-0.4, -0.2) is 22.2 Å². The van der Waals surface area contributed by atoms with Gasteiger partial charge in [-0.25, -0.2) is 9.79 Å². The summed E-state index contributed by atoms with van der Waals surface area (Å²) in [7, 11) is 0. The molecule has 1 aliphatic rings. The summed E-state index contributed by atoms with van der Waals surface area (Å²) in [5.74, 6) is -0.373. The summed E-state index contributed by atoms with van der Waals surface area (Å²) in [4.78, 5) is 31.3. The topological polar surface area (TPSA) is 80.9 Å². The minimum Gasteiger partial charge on any atom is -0.508 e. The molecule has 1 atom stereocenters. The molecule has 0 aliphatic carbocycles. The van der Waals surface area contributed by atoms with Gasteiger partial charge in [-0.05, 0) is 49.6 Å². The van der Waals surface area contributed by atoms with Gasteiger partial charge in [-0.3, -0.25) is 9.36 Å². The van der Waals surface area contributed by atoms with Gasteiger partial charge < -0.3 is 9.84 Å². The lowest BCUT2D eigenvalue weighted by Gasteiger charge is -2.24. The normalized spacial score (nSPS) is 16.0. The van der Waals surface area contributed by atoms with Crippen LogP contribution in [0.4, 0.5) is 0 Å². The number of nitrogens with zero attached hydrogens (tertiary/aromatic N) is 2. The molecule has 2 aromatic carbocycles. The lowest BCUT2D eigenvalue weighted by atomic mass is 9.96. The molecule has 0 spiro atoms. The monoisotopic (exact) mass is 468 g/mol. The second kappa shape index (κ2) is 9.14. The van der Waals surface area contributed by atoms with Crippen LogP contribution in [0.2, 0.25) is 5.02 Å². The fourth-order valence-electron chi connectivity index (χ4n) is 3.70. The minimum atomic E-state index is -0.631. The molecule has 32 heavy (non-hydrogen) atoms. The van der Waals surface area contributed by atoms with Crippen LogP contribution in [0, 0.1) is 0 Å². The molecular formula is C24H21ClN2O4S. The smallest absolute Gasteiger partial charge is 0.338 e. The van der Waals surface area contributed by atoms with Crippen LogP contribution in [0.1, 0.15) is 31.0 Å². The predicted octanol–water partition coefficient (Wildman–Crippen LogP) is 3.35. The molecule has 164 valence electrons. The number of esters is 1. The largest absolute Gasteiger partial charge is 0.508 e. The Morgan fingerprint density at radius 1 is 1.28 bits per heavy atom. The Morgan fingerprint density at radius 2 is 2.03 bits per heavy atom. The second-order valence-corrected chi connectivity index (χ2v) is 8.70. The van der Waals surface area contributed by atoms with E-state index in [4.69, 9.17) is 16.3 Å². The molecule has 0 bridgehead atoms. The summed E-state index contributed by atoms with van der Waals surface area (Å²) in [5.41, 5.74) is 2.04. The molecule has 1 aliphatic heterocycles. The number of hydrogen-bond acceptors (Lipinski definition) is 6. The third-order valence-electron chi connectivity index (χ3n) is 5.18. The average Bonchev–Trinajstić information content (AvgIpc) is 3.09. The highest BCUT2D eigenvalue weighted by Gasteiger charge is 2.33. The van der Waals surface area contributed by atoms with E-state index in [-0.39, 0.29) is 17.9 Å². The molecule has 1 aromatic heterocycles. The highest BCUT2D eigenvalue weighted by molar-refractivity contribution is 7.07. The van der Waals surface area contributed by atoms with E-state index in [0.717, 1.165) is 5.56 Å².